The zero-order valence-corrected chi connectivity index (χ0v) is 11.2. The molecule has 0 saturated heterocycles. The lowest BCUT2D eigenvalue weighted by molar-refractivity contribution is 0.281. The topological polar surface area (TPSA) is 33.1 Å². The van der Waals surface area contributed by atoms with Gasteiger partial charge in [-0.25, -0.2) is 4.98 Å². The van der Waals surface area contributed by atoms with Gasteiger partial charge in [0.25, 0.3) is 0 Å². The fourth-order valence-corrected chi connectivity index (χ4v) is 2.25. The first-order valence-corrected chi connectivity index (χ1v) is 6.07. The van der Waals surface area contributed by atoms with Gasteiger partial charge in [0.15, 0.2) is 0 Å². The Kier molecular flexibility index (Phi) is 4.07. The minimum absolute atomic E-state index is 0.217. The number of nitrogens with zero attached hydrogens (tertiary/aromatic N) is 1. The zero-order chi connectivity index (χ0) is 13.3. The molecule has 1 aromatic heterocycles. The highest BCUT2D eigenvalue weighted by Crippen LogP contribution is 2.37. The van der Waals surface area contributed by atoms with Crippen LogP contribution in [0.1, 0.15) is 5.56 Å². The van der Waals surface area contributed by atoms with Crippen LogP contribution in [0, 0.1) is 5.95 Å². The van der Waals surface area contributed by atoms with E-state index in [0.717, 1.165) is 6.07 Å². The van der Waals surface area contributed by atoms with Gasteiger partial charge in [-0.05, 0) is 24.3 Å². The number of rotatable bonds is 2. The van der Waals surface area contributed by atoms with E-state index in [-0.39, 0.29) is 22.3 Å². The molecule has 1 N–H and O–H groups in total. The van der Waals surface area contributed by atoms with E-state index < -0.39 is 5.95 Å². The Morgan fingerprint density at radius 2 is 1.89 bits per heavy atom. The van der Waals surface area contributed by atoms with Gasteiger partial charge in [-0.3, -0.25) is 0 Å². The number of aromatic nitrogens is 1. The molecule has 2 aromatic rings. The van der Waals surface area contributed by atoms with Crippen LogP contribution in [0.15, 0.2) is 24.3 Å². The summed E-state index contributed by atoms with van der Waals surface area (Å²) in [7, 11) is 0. The summed E-state index contributed by atoms with van der Waals surface area (Å²) in [4.78, 5) is 3.73. The first kappa shape index (κ1) is 13.6. The highest BCUT2D eigenvalue weighted by Gasteiger charge is 2.14. The Morgan fingerprint density at radius 1 is 1.17 bits per heavy atom. The van der Waals surface area contributed by atoms with Crippen LogP contribution in [0.2, 0.25) is 15.1 Å². The van der Waals surface area contributed by atoms with Crippen molar-refractivity contribution in [2.45, 2.75) is 6.61 Å². The smallest absolute Gasteiger partial charge is 0.213 e. The van der Waals surface area contributed by atoms with Crippen LogP contribution in [-0.2, 0) is 6.61 Å². The predicted molar refractivity (Wildman–Crippen MR) is 70.6 cm³/mol. The van der Waals surface area contributed by atoms with E-state index in [1.54, 1.807) is 0 Å². The molecule has 0 amide bonds. The summed E-state index contributed by atoms with van der Waals surface area (Å²) in [6.07, 6.45) is 0. The third-order valence-corrected chi connectivity index (χ3v) is 3.38. The molecule has 2 nitrogen and oxygen atoms in total. The lowest BCUT2D eigenvalue weighted by Gasteiger charge is -2.10. The average Bonchev–Trinajstić information content (AvgIpc) is 2.33. The largest absolute Gasteiger partial charge is 0.392 e. The van der Waals surface area contributed by atoms with E-state index in [0.29, 0.717) is 16.1 Å². The van der Waals surface area contributed by atoms with Gasteiger partial charge in [0.05, 0.1) is 22.3 Å². The second-order valence-corrected chi connectivity index (χ2v) is 4.77. The summed E-state index contributed by atoms with van der Waals surface area (Å²) in [5.41, 5.74) is 1.06. The Hall–Kier alpha value is -0.870. The number of hydrogen-bond acceptors (Lipinski definition) is 2. The highest BCUT2D eigenvalue weighted by atomic mass is 35.5. The molecule has 0 radical (unpaired) electrons. The fraction of sp³-hybridized carbons (Fsp3) is 0.0833. The molecule has 0 saturated carbocycles. The molecule has 0 unspecified atom stereocenters. The summed E-state index contributed by atoms with van der Waals surface area (Å²) >= 11 is 17.8. The van der Waals surface area contributed by atoms with Crippen molar-refractivity contribution in [2.75, 3.05) is 0 Å². The minimum atomic E-state index is -0.672. The van der Waals surface area contributed by atoms with Crippen LogP contribution < -0.4 is 0 Å². The molecule has 2 rings (SSSR count). The normalized spacial score (nSPS) is 10.7. The van der Waals surface area contributed by atoms with Crippen LogP contribution in [0.4, 0.5) is 4.39 Å². The molecule has 0 fully saturated rings. The highest BCUT2D eigenvalue weighted by molar-refractivity contribution is 6.45. The first-order valence-electron chi connectivity index (χ1n) is 4.94. The second-order valence-electron chi connectivity index (χ2n) is 3.55. The second kappa shape index (κ2) is 5.41. The zero-order valence-electron chi connectivity index (χ0n) is 8.92. The van der Waals surface area contributed by atoms with Crippen LogP contribution in [0.3, 0.4) is 0 Å². The number of aliphatic hydroxyl groups is 1. The summed E-state index contributed by atoms with van der Waals surface area (Å²) < 4.78 is 13.2. The van der Waals surface area contributed by atoms with Crippen LogP contribution >= 0.6 is 34.8 Å². The van der Waals surface area contributed by atoms with E-state index >= 15 is 0 Å². The molecule has 0 atom stereocenters. The predicted octanol–water partition coefficient (Wildman–Crippen LogP) is 4.34. The van der Waals surface area contributed by atoms with Gasteiger partial charge in [0.2, 0.25) is 5.95 Å². The van der Waals surface area contributed by atoms with Crippen LogP contribution in [-0.4, -0.2) is 10.1 Å². The number of pyridine rings is 1. The van der Waals surface area contributed by atoms with Crippen molar-refractivity contribution in [2.24, 2.45) is 0 Å². The van der Waals surface area contributed by atoms with Gasteiger partial charge in [-0.15, -0.1) is 0 Å². The molecule has 0 aliphatic carbocycles. The van der Waals surface area contributed by atoms with E-state index in [9.17, 15) is 9.50 Å². The maximum absolute atomic E-state index is 13.2. The number of hydrogen-bond donors (Lipinski definition) is 1. The maximum Gasteiger partial charge on any atom is 0.213 e. The minimum Gasteiger partial charge on any atom is -0.392 e. The van der Waals surface area contributed by atoms with E-state index in [1.165, 1.54) is 18.2 Å². The van der Waals surface area contributed by atoms with Crippen molar-refractivity contribution in [3.63, 3.8) is 0 Å². The average molecular weight is 307 g/mol. The van der Waals surface area contributed by atoms with Crippen molar-refractivity contribution >= 4 is 34.8 Å². The summed E-state index contributed by atoms with van der Waals surface area (Å²) in [6.45, 7) is -0.289. The van der Waals surface area contributed by atoms with Crippen molar-refractivity contribution in [1.82, 2.24) is 4.98 Å². The summed E-state index contributed by atoms with van der Waals surface area (Å²) in [5, 5.41) is 10.0. The number of halogens is 4. The number of aliphatic hydroxyl groups excluding tert-OH is 1. The van der Waals surface area contributed by atoms with Gasteiger partial charge in [-0.1, -0.05) is 34.8 Å². The van der Waals surface area contributed by atoms with Crippen LogP contribution in [0.25, 0.3) is 11.3 Å². The molecular formula is C12H7Cl3FNO. The van der Waals surface area contributed by atoms with Gasteiger partial charge in [0.1, 0.15) is 0 Å². The standard InChI is InChI=1S/C12H7Cl3FNO/c13-7-3-8(11(15)9(14)4-7)12-6(5-18)1-2-10(16)17-12/h1-4,18H,5H2. The monoisotopic (exact) mass is 305 g/mol. The Bertz CT molecular complexity index is 604. The molecule has 1 aromatic carbocycles. The summed E-state index contributed by atoms with van der Waals surface area (Å²) in [5.74, 6) is -0.672. The van der Waals surface area contributed by atoms with Gasteiger partial charge >= 0.3 is 0 Å². The number of benzene rings is 1. The maximum atomic E-state index is 13.2. The van der Waals surface area contributed by atoms with Crippen molar-refractivity contribution < 1.29 is 9.50 Å². The molecular weight excluding hydrogens is 299 g/mol. The molecule has 0 aliphatic heterocycles. The molecule has 1 heterocycles. The van der Waals surface area contributed by atoms with E-state index in [2.05, 4.69) is 4.98 Å². The lowest BCUT2D eigenvalue weighted by Crippen LogP contribution is -1.96. The fourth-order valence-electron chi connectivity index (χ4n) is 1.55. The Labute approximate surface area is 118 Å². The first-order chi connectivity index (χ1) is 8.52. The molecule has 6 heteroatoms. The SMILES string of the molecule is OCc1ccc(F)nc1-c1cc(Cl)cc(Cl)c1Cl. The van der Waals surface area contributed by atoms with Gasteiger partial charge < -0.3 is 5.11 Å². The van der Waals surface area contributed by atoms with Crippen molar-refractivity contribution in [1.29, 1.82) is 0 Å². The molecule has 0 spiro atoms. The molecule has 94 valence electrons. The molecule has 18 heavy (non-hydrogen) atoms. The van der Waals surface area contributed by atoms with E-state index in [4.69, 9.17) is 34.8 Å². The quantitative estimate of drug-likeness (QED) is 0.661. The van der Waals surface area contributed by atoms with Gasteiger partial charge in [0, 0.05) is 16.1 Å². The Morgan fingerprint density at radius 3 is 2.56 bits per heavy atom. The van der Waals surface area contributed by atoms with Gasteiger partial charge in [-0.2, -0.15) is 4.39 Å². The Balaban J connectivity index is 2.72. The third kappa shape index (κ3) is 2.59. The van der Waals surface area contributed by atoms with Crippen molar-refractivity contribution in [3.8, 4) is 11.3 Å². The lowest BCUT2D eigenvalue weighted by atomic mass is 10.1. The van der Waals surface area contributed by atoms with E-state index in [1.807, 2.05) is 0 Å². The molecule has 0 aliphatic rings. The molecule has 0 bridgehead atoms. The van der Waals surface area contributed by atoms with Crippen LogP contribution in [0.5, 0.6) is 0 Å². The summed E-state index contributed by atoms with van der Waals surface area (Å²) in [6, 6.07) is 5.60. The van der Waals surface area contributed by atoms with Crippen molar-refractivity contribution in [3.05, 3.63) is 50.8 Å². The third-order valence-electron chi connectivity index (χ3n) is 2.36.